The molecule has 1 fully saturated rings. The Morgan fingerprint density at radius 1 is 0.708 bits per heavy atom. The van der Waals surface area contributed by atoms with Crippen molar-refractivity contribution in [3.63, 3.8) is 0 Å². The van der Waals surface area contributed by atoms with Gasteiger partial charge in [-0.2, -0.15) is 11.3 Å². The van der Waals surface area contributed by atoms with Crippen molar-refractivity contribution in [2.45, 2.75) is 49.4 Å². The van der Waals surface area contributed by atoms with E-state index in [0.29, 0.717) is 0 Å². The molecule has 1 radical (unpaired) electrons. The molecule has 2 nitrogen and oxygen atoms in total. The fraction of sp³-hybridized carbons (Fsp3) is 0.209. The number of pyridine rings is 2. The molecule has 0 bridgehead atoms. The SMILES string of the molecule is [CH3][Ge]([CH3])([CH3])[c]1ccc(-c2[c-]cccc2)nc1.[Ir].[c-]1cc2sc3ccc(-c4ccccc4)cc3c2cc1-c1cc(CC2CCCC2)ccn1. The van der Waals surface area contributed by atoms with Crippen molar-refractivity contribution in [2.75, 3.05) is 0 Å². The Morgan fingerprint density at radius 2 is 1.50 bits per heavy atom. The maximum atomic E-state index is 4.69. The average Bonchev–Trinajstić information content (AvgIpc) is 3.76. The third-order valence-electron chi connectivity index (χ3n) is 9.22. The van der Waals surface area contributed by atoms with E-state index in [-0.39, 0.29) is 20.1 Å². The fourth-order valence-corrected chi connectivity index (χ4v) is 9.75. The van der Waals surface area contributed by atoms with E-state index in [1.807, 2.05) is 48.0 Å². The van der Waals surface area contributed by atoms with Crippen molar-refractivity contribution in [2.24, 2.45) is 5.92 Å². The number of fused-ring (bicyclic) bond motifs is 3. The Hall–Kier alpha value is -3.41. The van der Waals surface area contributed by atoms with Crippen LogP contribution in [0.3, 0.4) is 0 Å². The first kappa shape index (κ1) is 34.5. The molecule has 48 heavy (non-hydrogen) atoms. The Labute approximate surface area is 305 Å². The van der Waals surface area contributed by atoms with E-state index in [0.717, 1.165) is 28.4 Å². The molecule has 0 aliphatic heterocycles. The van der Waals surface area contributed by atoms with Gasteiger partial charge in [0.15, 0.2) is 0 Å². The topological polar surface area (TPSA) is 25.8 Å². The molecule has 7 aromatic rings. The van der Waals surface area contributed by atoms with Crippen LogP contribution in [0.25, 0.3) is 53.8 Å². The van der Waals surface area contributed by atoms with Crippen molar-refractivity contribution in [1.29, 1.82) is 0 Å². The van der Waals surface area contributed by atoms with Crippen molar-refractivity contribution in [1.82, 2.24) is 9.97 Å². The zero-order chi connectivity index (χ0) is 32.2. The molecule has 3 aromatic heterocycles. The summed E-state index contributed by atoms with van der Waals surface area (Å²) in [7, 11) is 0. The van der Waals surface area contributed by atoms with Gasteiger partial charge in [-0.05, 0) is 57.4 Å². The summed E-state index contributed by atoms with van der Waals surface area (Å²) >= 11 is 0.126. The van der Waals surface area contributed by atoms with Gasteiger partial charge in [0.05, 0.1) is 0 Å². The van der Waals surface area contributed by atoms with Gasteiger partial charge in [-0.3, -0.25) is 0 Å². The Bertz CT molecular complexity index is 2100. The van der Waals surface area contributed by atoms with E-state index in [9.17, 15) is 0 Å². The number of rotatable bonds is 6. The van der Waals surface area contributed by atoms with Gasteiger partial charge in [-0.1, -0.05) is 79.1 Å². The third kappa shape index (κ3) is 8.06. The maximum Gasteiger partial charge on any atom is 0.0240 e. The number of thiophene rings is 1. The molecule has 5 heteroatoms. The quantitative estimate of drug-likeness (QED) is 0.123. The van der Waals surface area contributed by atoms with Gasteiger partial charge < -0.3 is 4.98 Å². The standard InChI is InChI=1S/C29H24NS.C14H16GeN.Ir/c1-2-8-22(9-3-1)23-10-12-28-25(18-23)26-19-24(11-13-29(26)31-28)27-17-21(14-15-30-27)16-20-6-4-5-7-20;1-15(2,3)13-9-10-14(16-11-13)12-7-5-4-6-8-12;/h1-3,8-10,12-15,17-20H,4-7,16H2;4-7,9-11H,1-3H3;/q2*-1;. The van der Waals surface area contributed by atoms with E-state index >= 15 is 0 Å². The van der Waals surface area contributed by atoms with Crippen LogP contribution >= 0.6 is 11.3 Å². The van der Waals surface area contributed by atoms with Crippen molar-refractivity contribution in [3.05, 3.63) is 139 Å². The molecule has 243 valence electrons. The van der Waals surface area contributed by atoms with Crippen LogP contribution in [0.5, 0.6) is 0 Å². The smallest absolute Gasteiger partial charge is 0.0240 e. The number of benzene rings is 4. The van der Waals surface area contributed by atoms with Gasteiger partial charge in [0.25, 0.3) is 0 Å². The van der Waals surface area contributed by atoms with E-state index in [4.69, 9.17) is 4.98 Å². The van der Waals surface area contributed by atoms with Crippen LogP contribution in [0.15, 0.2) is 122 Å². The van der Waals surface area contributed by atoms with Crippen LogP contribution in [0.2, 0.25) is 17.3 Å². The molecule has 0 saturated heterocycles. The van der Waals surface area contributed by atoms with Crippen LogP contribution < -0.4 is 4.40 Å². The van der Waals surface area contributed by atoms with Crippen molar-refractivity contribution < 1.29 is 20.1 Å². The summed E-state index contributed by atoms with van der Waals surface area (Å²) in [6.45, 7) is 0. The molecule has 0 unspecified atom stereocenters. The minimum atomic E-state index is -1.72. The zero-order valence-electron chi connectivity index (χ0n) is 27.8. The molecule has 0 atom stereocenters. The van der Waals surface area contributed by atoms with Crippen LogP contribution in [-0.4, -0.2) is 23.2 Å². The second kappa shape index (κ2) is 15.4. The van der Waals surface area contributed by atoms with Crippen LogP contribution in [0.4, 0.5) is 0 Å². The number of aromatic nitrogens is 2. The van der Waals surface area contributed by atoms with Crippen LogP contribution in [-0.2, 0) is 26.5 Å². The number of hydrogen-bond acceptors (Lipinski definition) is 3. The van der Waals surface area contributed by atoms with Crippen LogP contribution in [0, 0.1) is 18.1 Å². The van der Waals surface area contributed by atoms with E-state index in [1.165, 1.54) is 73.4 Å². The summed E-state index contributed by atoms with van der Waals surface area (Å²) in [4.78, 5) is 9.22. The second-order valence-electron chi connectivity index (χ2n) is 13.7. The minimum absolute atomic E-state index is 0. The van der Waals surface area contributed by atoms with Gasteiger partial charge in [0.2, 0.25) is 0 Å². The van der Waals surface area contributed by atoms with Gasteiger partial charge in [0.1, 0.15) is 0 Å². The molecule has 1 aliphatic rings. The molecule has 0 spiro atoms. The summed E-state index contributed by atoms with van der Waals surface area (Å²) in [5, 5.41) is 2.62. The Kier molecular flexibility index (Phi) is 11.1. The predicted octanol–water partition coefficient (Wildman–Crippen LogP) is 11.4. The van der Waals surface area contributed by atoms with Crippen molar-refractivity contribution in [3.8, 4) is 33.6 Å². The Morgan fingerprint density at radius 3 is 2.23 bits per heavy atom. The normalized spacial score (nSPS) is 13.2. The molecule has 1 saturated carbocycles. The predicted molar refractivity (Wildman–Crippen MR) is 204 cm³/mol. The van der Waals surface area contributed by atoms with Gasteiger partial charge in [-0.15, -0.1) is 23.8 Å². The summed E-state index contributed by atoms with van der Waals surface area (Å²) in [5.74, 6) is 7.99. The van der Waals surface area contributed by atoms with Crippen molar-refractivity contribution >= 4 is 49.2 Å². The molecular formula is C43H40GeIrN2S-2. The largest absolute Gasteiger partial charge is 0.305 e. The molecule has 3 heterocycles. The van der Waals surface area contributed by atoms with Crippen LogP contribution in [0.1, 0.15) is 31.2 Å². The molecule has 0 amide bonds. The van der Waals surface area contributed by atoms with E-state index in [2.05, 4.69) is 119 Å². The first-order chi connectivity index (χ1) is 22.9. The van der Waals surface area contributed by atoms with Gasteiger partial charge in [-0.25, -0.2) is 0 Å². The maximum absolute atomic E-state index is 4.69. The average molecular weight is 882 g/mol. The van der Waals surface area contributed by atoms with Gasteiger partial charge in [0, 0.05) is 31.0 Å². The number of hydrogen-bond donors (Lipinski definition) is 0. The third-order valence-corrected chi connectivity index (χ3v) is 14.6. The monoisotopic (exact) mass is 883 g/mol. The molecular weight excluding hydrogens is 841 g/mol. The van der Waals surface area contributed by atoms with Gasteiger partial charge >= 0.3 is 99.8 Å². The van der Waals surface area contributed by atoms with E-state index in [1.54, 1.807) is 0 Å². The Balaban J connectivity index is 0.000000201. The molecule has 4 aromatic carbocycles. The summed E-state index contributed by atoms with van der Waals surface area (Å²) in [6.07, 6.45) is 10.7. The molecule has 8 rings (SSSR count). The molecule has 1 aliphatic carbocycles. The zero-order valence-corrected chi connectivity index (χ0v) is 33.1. The minimum Gasteiger partial charge on any atom is -0.305 e. The second-order valence-corrected chi connectivity index (χ2v) is 25.4. The van der Waals surface area contributed by atoms with E-state index < -0.39 is 13.3 Å². The summed E-state index contributed by atoms with van der Waals surface area (Å²) in [6, 6.07) is 45.3. The first-order valence-corrected chi connectivity index (χ1v) is 24.9. The molecule has 0 N–H and O–H groups in total. The summed E-state index contributed by atoms with van der Waals surface area (Å²) in [5.41, 5.74) is 8.13. The fourth-order valence-electron chi connectivity index (χ4n) is 6.52. The summed E-state index contributed by atoms with van der Waals surface area (Å²) < 4.78 is 4.05. The first-order valence-electron chi connectivity index (χ1n) is 16.7. The number of nitrogens with zero attached hydrogens (tertiary/aromatic N) is 2.